The number of fused-ring (bicyclic) bond motifs is 4. The van der Waals surface area contributed by atoms with Crippen molar-refractivity contribution in [2.75, 3.05) is 55.9 Å². The molecule has 0 aromatic heterocycles. The Morgan fingerprint density at radius 1 is 0.475 bits per heavy atom. The van der Waals surface area contributed by atoms with E-state index in [2.05, 4.69) is 13.8 Å². The van der Waals surface area contributed by atoms with Crippen LogP contribution < -0.4 is 0 Å². The van der Waals surface area contributed by atoms with Gasteiger partial charge in [0, 0.05) is 80.7 Å². The second-order valence-corrected chi connectivity index (χ2v) is 18.1. The minimum Gasteiger partial charge on any atom is -0.462 e. The first-order chi connectivity index (χ1) is 28.5. The monoisotopic (exact) mass is 842 g/mol. The second kappa shape index (κ2) is 20.3. The van der Waals surface area contributed by atoms with Crippen LogP contribution in [0.1, 0.15) is 78.6 Å². The van der Waals surface area contributed by atoms with Crippen molar-refractivity contribution in [3.63, 3.8) is 0 Å². The summed E-state index contributed by atoms with van der Waals surface area (Å²) < 4.78 is 86.4. The Kier molecular flexibility index (Phi) is 15.7. The van der Waals surface area contributed by atoms with E-state index in [1.807, 2.05) is 6.92 Å². The van der Waals surface area contributed by atoms with Gasteiger partial charge in [-0.15, -0.1) is 0 Å². The first kappa shape index (κ1) is 45.5. The molecule has 0 amide bonds. The molecule has 4 bridgehead atoms. The molecule has 16 nitrogen and oxygen atoms in total. The molecule has 7 fully saturated rings. The minimum atomic E-state index is -0.730. The van der Waals surface area contributed by atoms with Gasteiger partial charge in [0.15, 0.2) is 12.6 Å². The fraction of sp³-hybridized carbons (Fsp3) is 0.953. The van der Waals surface area contributed by atoms with Crippen LogP contribution in [0, 0.1) is 29.6 Å². The Morgan fingerprint density at radius 2 is 0.949 bits per heavy atom. The fourth-order valence-electron chi connectivity index (χ4n) is 10.4. The van der Waals surface area contributed by atoms with E-state index in [4.69, 9.17) is 66.3 Å². The number of carbonyl (C=O) groups excluding carboxylic acids is 2. The lowest BCUT2D eigenvalue weighted by atomic mass is 9.86. The highest BCUT2D eigenvalue weighted by Crippen LogP contribution is 2.47. The maximum absolute atomic E-state index is 14.1. The van der Waals surface area contributed by atoms with E-state index < -0.39 is 49.2 Å². The molecule has 7 rings (SSSR count). The van der Waals surface area contributed by atoms with E-state index in [-0.39, 0.29) is 105 Å². The molecule has 59 heavy (non-hydrogen) atoms. The van der Waals surface area contributed by atoms with Gasteiger partial charge in [0.25, 0.3) is 0 Å². The Hall–Kier alpha value is -1.54. The number of cyclic esters (lactones) is 2. The molecule has 338 valence electrons. The third-order valence-electron chi connectivity index (χ3n) is 14.2. The number of hydrogen-bond donors (Lipinski definition) is 0. The fourth-order valence-corrected chi connectivity index (χ4v) is 10.4. The number of ether oxygens (including phenoxy) is 14. The van der Waals surface area contributed by atoms with Crippen LogP contribution in [0.2, 0.25) is 0 Å². The van der Waals surface area contributed by atoms with Gasteiger partial charge in [-0.1, -0.05) is 20.8 Å². The molecule has 2 saturated carbocycles. The minimum absolute atomic E-state index is 0.0472. The van der Waals surface area contributed by atoms with Crippen LogP contribution in [0.4, 0.5) is 0 Å². The summed E-state index contributed by atoms with van der Waals surface area (Å²) in [7, 11) is 9.69. The van der Waals surface area contributed by atoms with Gasteiger partial charge in [-0.3, -0.25) is 9.59 Å². The Bertz CT molecular complexity index is 1360. The van der Waals surface area contributed by atoms with Crippen molar-refractivity contribution in [1.29, 1.82) is 0 Å². The van der Waals surface area contributed by atoms with E-state index in [1.165, 1.54) is 0 Å². The van der Waals surface area contributed by atoms with Crippen molar-refractivity contribution < 1.29 is 75.9 Å². The number of methoxy groups -OCH3 is 6. The molecule has 7 aliphatic rings. The zero-order valence-corrected chi connectivity index (χ0v) is 36.4. The van der Waals surface area contributed by atoms with Gasteiger partial charge in [0.2, 0.25) is 0 Å². The highest BCUT2D eigenvalue weighted by atomic mass is 16.7. The molecule has 5 aliphatic heterocycles. The largest absolute Gasteiger partial charge is 0.462 e. The number of esters is 2. The maximum Gasteiger partial charge on any atom is 0.308 e. The molecule has 16 heteroatoms. The average molecular weight is 843 g/mol. The summed E-state index contributed by atoms with van der Waals surface area (Å²) in [6.07, 6.45) is -2.64. The Balaban J connectivity index is 1.11. The van der Waals surface area contributed by atoms with Crippen molar-refractivity contribution in [2.45, 2.75) is 177 Å². The van der Waals surface area contributed by atoms with Crippen LogP contribution in [0.3, 0.4) is 0 Å². The van der Waals surface area contributed by atoms with Gasteiger partial charge in [0.1, 0.15) is 48.8 Å². The number of rotatable bonds is 12. The average Bonchev–Trinajstić information content (AvgIpc) is 4.14. The maximum atomic E-state index is 14.1. The smallest absolute Gasteiger partial charge is 0.308 e. The zero-order chi connectivity index (χ0) is 42.0. The molecule has 8 unspecified atom stereocenters. The van der Waals surface area contributed by atoms with Crippen molar-refractivity contribution in [1.82, 2.24) is 0 Å². The van der Waals surface area contributed by atoms with Crippen molar-refractivity contribution in [2.24, 2.45) is 29.6 Å². The normalized spacial score (nSPS) is 48.5. The molecule has 2 aliphatic carbocycles. The van der Waals surface area contributed by atoms with E-state index in [1.54, 1.807) is 42.7 Å². The van der Waals surface area contributed by atoms with Gasteiger partial charge in [-0.05, 0) is 36.5 Å². The first-order valence-electron chi connectivity index (χ1n) is 21.9. The highest BCUT2D eigenvalue weighted by molar-refractivity contribution is 5.71. The highest BCUT2D eigenvalue weighted by Gasteiger charge is 2.51. The van der Waals surface area contributed by atoms with Crippen LogP contribution in [0.25, 0.3) is 0 Å². The molecular formula is C43H70O16. The third-order valence-corrected chi connectivity index (χ3v) is 14.2. The second-order valence-electron chi connectivity index (χ2n) is 18.1. The predicted octanol–water partition coefficient (Wildman–Crippen LogP) is 3.61. The first-order valence-corrected chi connectivity index (χ1v) is 21.9. The van der Waals surface area contributed by atoms with Crippen LogP contribution in [0.15, 0.2) is 0 Å². The van der Waals surface area contributed by atoms with Gasteiger partial charge < -0.3 is 66.3 Å². The van der Waals surface area contributed by atoms with E-state index >= 15 is 0 Å². The van der Waals surface area contributed by atoms with Crippen molar-refractivity contribution >= 4 is 11.9 Å². The molecular weight excluding hydrogens is 772 g/mol. The molecule has 21 atom stereocenters. The molecule has 0 N–H and O–H groups in total. The van der Waals surface area contributed by atoms with Crippen LogP contribution in [-0.2, 0) is 75.9 Å². The topological polar surface area (TPSA) is 163 Å². The van der Waals surface area contributed by atoms with Crippen LogP contribution in [-0.4, -0.2) is 166 Å². The Labute approximate surface area is 349 Å². The predicted molar refractivity (Wildman–Crippen MR) is 207 cm³/mol. The lowest BCUT2D eigenvalue weighted by molar-refractivity contribution is -0.309. The van der Waals surface area contributed by atoms with Crippen molar-refractivity contribution in [3.05, 3.63) is 0 Å². The molecule has 0 radical (unpaired) electrons. The third kappa shape index (κ3) is 10.8. The van der Waals surface area contributed by atoms with Crippen molar-refractivity contribution in [3.8, 4) is 0 Å². The van der Waals surface area contributed by atoms with E-state index in [0.717, 1.165) is 12.8 Å². The summed E-state index contributed by atoms with van der Waals surface area (Å²) in [5.74, 6) is 0.379. The summed E-state index contributed by atoms with van der Waals surface area (Å²) in [5, 5.41) is 0. The summed E-state index contributed by atoms with van der Waals surface area (Å²) in [6, 6.07) is 0. The molecule has 5 saturated heterocycles. The van der Waals surface area contributed by atoms with Gasteiger partial charge >= 0.3 is 11.9 Å². The molecule has 0 spiro atoms. The Morgan fingerprint density at radius 3 is 1.44 bits per heavy atom. The van der Waals surface area contributed by atoms with Crippen LogP contribution >= 0.6 is 0 Å². The summed E-state index contributed by atoms with van der Waals surface area (Å²) in [5.41, 5.74) is 0. The lowest BCUT2D eigenvalue weighted by Crippen LogP contribution is -2.58. The quantitative estimate of drug-likeness (QED) is 0.262. The van der Waals surface area contributed by atoms with Gasteiger partial charge in [-0.2, -0.15) is 0 Å². The number of hydrogen-bond acceptors (Lipinski definition) is 16. The molecule has 5 heterocycles. The summed E-state index contributed by atoms with van der Waals surface area (Å²) in [4.78, 5) is 28.0. The zero-order valence-electron chi connectivity index (χ0n) is 36.4. The SMILES string of the molecule is COC1COC(O[C@@H]2C[C@@H]3CC(=O)O[C@H]([C@H]4C[C@@H]4C)C[C@@H]4C[C@H](OC5OCC(OC)C(OC)C5OC)[C@@H](C)[C@H](CC(=O)O[C@H]([C@H]5C[C@@H]5C)C[C@H](C2)O3)O4)C(OC)C1OC. The van der Waals surface area contributed by atoms with E-state index in [9.17, 15) is 9.59 Å². The summed E-state index contributed by atoms with van der Waals surface area (Å²) in [6.45, 7) is 6.95. The van der Waals surface area contributed by atoms with Gasteiger partial charge in [-0.25, -0.2) is 0 Å². The van der Waals surface area contributed by atoms with Gasteiger partial charge in [0.05, 0.1) is 62.7 Å². The van der Waals surface area contributed by atoms with Crippen LogP contribution in [0.5, 0.6) is 0 Å². The standard InChI is InChI=1S/C43H70O16/c1-21-10-28(21)32-15-25-12-24(56-42-40(50-8)38(48-6)34(46-4)19-52-42)13-26(54-25)17-36(44)57-33(29-11-22(29)2)16-27-14-30(23(3)31(55-27)18-37(45)58-32)59-43-41(51-9)39(49-7)35(47-5)20-53-43/h21-35,38-43H,10-20H2,1-9H3/t21-,22-,23+,24-,25-,26+,27-,28-,29-,30-,31-,32-,33-,34?,35?,38?,39?,40?,41?,42?,43?/m0/s1. The molecule has 0 aromatic rings. The van der Waals surface area contributed by atoms with E-state index in [0.29, 0.717) is 43.9 Å². The molecule has 0 aromatic carbocycles. The summed E-state index contributed by atoms with van der Waals surface area (Å²) >= 11 is 0. The number of carbonyl (C=O) groups is 2. The lowest BCUT2D eigenvalue weighted by Gasteiger charge is -2.45.